The third kappa shape index (κ3) is 5.58. The van der Waals surface area contributed by atoms with Crippen molar-refractivity contribution in [2.24, 2.45) is 5.92 Å². The molecule has 0 radical (unpaired) electrons. The maximum Gasteiger partial charge on any atom is 0.223 e. The van der Waals surface area contributed by atoms with Crippen LogP contribution in [0.25, 0.3) is 0 Å². The van der Waals surface area contributed by atoms with Crippen LogP contribution in [0.1, 0.15) is 62.0 Å². The summed E-state index contributed by atoms with van der Waals surface area (Å²) in [6, 6.07) is 12.9. The molecule has 1 aliphatic heterocycles. The van der Waals surface area contributed by atoms with Crippen LogP contribution in [-0.2, 0) is 24.3 Å². The average molecular weight is 508 g/mol. The molecule has 3 aromatic rings. The van der Waals surface area contributed by atoms with E-state index in [4.69, 9.17) is 14.2 Å². The van der Waals surface area contributed by atoms with Gasteiger partial charge in [0.2, 0.25) is 5.91 Å². The van der Waals surface area contributed by atoms with Crippen LogP contribution in [-0.4, -0.2) is 28.9 Å². The van der Waals surface area contributed by atoms with E-state index >= 15 is 0 Å². The van der Waals surface area contributed by atoms with Gasteiger partial charge in [0, 0.05) is 24.2 Å². The smallest absolute Gasteiger partial charge is 0.223 e. The van der Waals surface area contributed by atoms with Gasteiger partial charge in [0.1, 0.15) is 17.6 Å². The molecule has 1 aliphatic carbocycles. The first-order valence-corrected chi connectivity index (χ1v) is 13.1. The van der Waals surface area contributed by atoms with Gasteiger partial charge in [0.25, 0.3) is 0 Å². The SMILES string of the molecule is CCn1nccc1CNC(=O)C1CCC(Oc2ccc3c(c2)CCC(c2cccc(OC)c2F)O3)CC1. The number of benzene rings is 2. The van der Waals surface area contributed by atoms with E-state index < -0.39 is 0 Å². The number of aryl methyl sites for hydroxylation is 2. The first-order valence-electron chi connectivity index (χ1n) is 13.1. The molecule has 0 spiro atoms. The molecule has 1 amide bonds. The molecule has 1 aromatic heterocycles. The van der Waals surface area contributed by atoms with Gasteiger partial charge in [-0.05, 0) is 81.3 Å². The van der Waals surface area contributed by atoms with Crippen molar-refractivity contribution < 1.29 is 23.4 Å². The summed E-state index contributed by atoms with van der Waals surface area (Å²) in [5.41, 5.74) is 2.60. The molecule has 8 heteroatoms. The van der Waals surface area contributed by atoms with E-state index in [0.29, 0.717) is 18.5 Å². The number of halogens is 1. The highest BCUT2D eigenvalue weighted by Gasteiger charge is 2.29. The molecule has 196 valence electrons. The van der Waals surface area contributed by atoms with E-state index in [0.717, 1.165) is 61.4 Å². The maximum atomic E-state index is 14.7. The van der Waals surface area contributed by atoms with Gasteiger partial charge in [0.05, 0.1) is 25.5 Å². The predicted octanol–water partition coefficient (Wildman–Crippen LogP) is 5.37. The third-order valence-corrected chi connectivity index (χ3v) is 7.43. The summed E-state index contributed by atoms with van der Waals surface area (Å²) in [5.74, 6) is 1.56. The minimum atomic E-state index is -0.365. The molecule has 5 rings (SSSR count). The second kappa shape index (κ2) is 11.2. The Morgan fingerprint density at radius 3 is 2.78 bits per heavy atom. The molecule has 1 atom stereocenters. The van der Waals surface area contributed by atoms with Crippen LogP contribution in [0.4, 0.5) is 4.39 Å². The Balaban J connectivity index is 1.12. The summed E-state index contributed by atoms with van der Waals surface area (Å²) in [5, 5.41) is 7.32. The largest absolute Gasteiger partial charge is 0.494 e. The van der Waals surface area contributed by atoms with Gasteiger partial charge in [-0.3, -0.25) is 9.48 Å². The number of fused-ring (bicyclic) bond motifs is 1. The fourth-order valence-electron chi connectivity index (χ4n) is 5.34. The Kier molecular flexibility index (Phi) is 7.63. The van der Waals surface area contributed by atoms with E-state index in [2.05, 4.69) is 10.4 Å². The lowest BCUT2D eigenvalue weighted by molar-refractivity contribution is -0.126. The standard InChI is InChI=1S/C29H34FN3O4/c1-3-33-21(15-16-32-33)18-31-29(34)19-7-10-22(11-8-19)36-23-12-14-25-20(17-23)9-13-26(37-25)24-5-4-6-27(35-2)28(24)30/h4-6,12,14-17,19,22,26H,3,7-11,13,18H2,1-2H3,(H,31,34). The first-order chi connectivity index (χ1) is 18.1. The third-order valence-electron chi connectivity index (χ3n) is 7.43. The van der Waals surface area contributed by atoms with Crippen molar-refractivity contribution in [2.45, 2.75) is 70.7 Å². The summed E-state index contributed by atoms with van der Waals surface area (Å²) in [6.07, 6.45) is 6.27. The summed E-state index contributed by atoms with van der Waals surface area (Å²) in [4.78, 5) is 12.7. The van der Waals surface area contributed by atoms with E-state index in [9.17, 15) is 9.18 Å². The highest BCUT2D eigenvalue weighted by atomic mass is 19.1. The minimum absolute atomic E-state index is 0.0173. The Morgan fingerprint density at radius 1 is 1.16 bits per heavy atom. The molecule has 0 saturated heterocycles. The molecule has 2 aromatic carbocycles. The van der Waals surface area contributed by atoms with E-state index in [1.807, 2.05) is 35.9 Å². The zero-order valence-electron chi connectivity index (χ0n) is 21.4. The monoisotopic (exact) mass is 507 g/mol. The van der Waals surface area contributed by atoms with Crippen molar-refractivity contribution in [3.8, 4) is 17.2 Å². The molecule has 2 aliphatic rings. The van der Waals surface area contributed by atoms with Gasteiger partial charge < -0.3 is 19.5 Å². The first kappa shape index (κ1) is 25.1. The van der Waals surface area contributed by atoms with E-state index in [1.165, 1.54) is 7.11 Å². The van der Waals surface area contributed by atoms with Gasteiger partial charge in [-0.1, -0.05) is 12.1 Å². The van der Waals surface area contributed by atoms with Crippen LogP contribution < -0.4 is 19.5 Å². The number of carbonyl (C=O) groups is 1. The zero-order chi connectivity index (χ0) is 25.8. The lowest BCUT2D eigenvalue weighted by Gasteiger charge is -2.30. The second-order valence-electron chi connectivity index (χ2n) is 9.73. The fourth-order valence-corrected chi connectivity index (χ4v) is 5.34. The Bertz CT molecular complexity index is 1240. The second-order valence-corrected chi connectivity index (χ2v) is 9.73. The lowest BCUT2D eigenvalue weighted by atomic mass is 9.86. The number of nitrogens with one attached hydrogen (secondary N) is 1. The quantitative estimate of drug-likeness (QED) is 0.444. The van der Waals surface area contributed by atoms with Crippen LogP contribution in [0, 0.1) is 11.7 Å². The number of nitrogens with zero attached hydrogens (tertiary/aromatic N) is 2. The summed E-state index contributed by atoms with van der Waals surface area (Å²) < 4.78 is 34.2. The maximum absolute atomic E-state index is 14.7. The molecule has 1 unspecified atom stereocenters. The molecule has 1 fully saturated rings. The van der Waals surface area contributed by atoms with Crippen molar-refractivity contribution >= 4 is 5.91 Å². The molecule has 1 saturated carbocycles. The van der Waals surface area contributed by atoms with Crippen LogP contribution in [0.5, 0.6) is 17.2 Å². The number of hydrogen-bond acceptors (Lipinski definition) is 5. The molecule has 7 nitrogen and oxygen atoms in total. The Labute approximate surface area is 216 Å². The topological polar surface area (TPSA) is 74.6 Å². The van der Waals surface area contributed by atoms with Gasteiger partial charge in [-0.15, -0.1) is 0 Å². The van der Waals surface area contributed by atoms with Crippen molar-refractivity contribution in [3.63, 3.8) is 0 Å². The number of hydrogen-bond donors (Lipinski definition) is 1. The van der Waals surface area contributed by atoms with Crippen molar-refractivity contribution in [1.29, 1.82) is 0 Å². The summed E-state index contributed by atoms with van der Waals surface area (Å²) in [6.45, 7) is 3.33. The van der Waals surface area contributed by atoms with Gasteiger partial charge >= 0.3 is 0 Å². The van der Waals surface area contributed by atoms with E-state index in [1.54, 1.807) is 24.4 Å². The minimum Gasteiger partial charge on any atom is -0.494 e. The van der Waals surface area contributed by atoms with Gasteiger partial charge in [-0.2, -0.15) is 5.10 Å². The molecule has 2 heterocycles. The van der Waals surface area contributed by atoms with Gasteiger partial charge in [0.15, 0.2) is 11.6 Å². The predicted molar refractivity (Wildman–Crippen MR) is 137 cm³/mol. The number of rotatable bonds is 8. The number of carbonyl (C=O) groups excluding carboxylic acids is 1. The molecular weight excluding hydrogens is 473 g/mol. The zero-order valence-corrected chi connectivity index (χ0v) is 21.4. The fraction of sp³-hybridized carbons (Fsp3) is 0.448. The number of ether oxygens (including phenoxy) is 3. The van der Waals surface area contributed by atoms with Crippen LogP contribution >= 0.6 is 0 Å². The molecule has 1 N–H and O–H groups in total. The van der Waals surface area contributed by atoms with Crippen molar-refractivity contribution in [2.75, 3.05) is 7.11 Å². The van der Waals surface area contributed by atoms with Gasteiger partial charge in [-0.25, -0.2) is 4.39 Å². The van der Waals surface area contributed by atoms with Crippen LogP contribution in [0.3, 0.4) is 0 Å². The number of aromatic nitrogens is 2. The van der Waals surface area contributed by atoms with Crippen LogP contribution in [0.2, 0.25) is 0 Å². The Hall–Kier alpha value is -3.55. The van der Waals surface area contributed by atoms with Crippen molar-refractivity contribution in [1.82, 2.24) is 15.1 Å². The van der Waals surface area contributed by atoms with E-state index in [-0.39, 0.29) is 35.6 Å². The van der Waals surface area contributed by atoms with Crippen molar-refractivity contribution in [3.05, 3.63) is 71.3 Å². The lowest BCUT2D eigenvalue weighted by Crippen LogP contribution is -2.35. The summed E-state index contributed by atoms with van der Waals surface area (Å²) >= 11 is 0. The molecule has 0 bridgehead atoms. The van der Waals surface area contributed by atoms with Crippen LogP contribution in [0.15, 0.2) is 48.7 Å². The molecular formula is C29H34FN3O4. The number of amides is 1. The average Bonchev–Trinajstić information content (AvgIpc) is 3.40. The highest BCUT2D eigenvalue weighted by Crippen LogP contribution is 2.39. The molecule has 37 heavy (non-hydrogen) atoms. The summed E-state index contributed by atoms with van der Waals surface area (Å²) in [7, 11) is 1.47. The Morgan fingerprint density at radius 2 is 2.00 bits per heavy atom. The normalized spacial score (nSPS) is 21.0. The highest BCUT2D eigenvalue weighted by molar-refractivity contribution is 5.78. The number of methoxy groups -OCH3 is 1.